The summed E-state index contributed by atoms with van der Waals surface area (Å²) in [7, 11) is 5.65. The van der Waals surface area contributed by atoms with Gasteiger partial charge in [-0.05, 0) is 50.6 Å². The van der Waals surface area contributed by atoms with Crippen molar-refractivity contribution in [3.8, 4) is 5.75 Å². The zero-order valence-electron chi connectivity index (χ0n) is 15.3. The first kappa shape index (κ1) is 19.2. The van der Waals surface area contributed by atoms with Gasteiger partial charge < -0.3 is 19.6 Å². The van der Waals surface area contributed by atoms with Gasteiger partial charge in [0, 0.05) is 25.6 Å². The van der Waals surface area contributed by atoms with Crippen LogP contribution in [0.5, 0.6) is 5.75 Å². The first-order valence-corrected chi connectivity index (χ1v) is 8.69. The summed E-state index contributed by atoms with van der Waals surface area (Å²) in [6.45, 7) is 1.34. The number of carboxylic acids is 1. The largest absolute Gasteiger partial charge is 0.497 e. The summed E-state index contributed by atoms with van der Waals surface area (Å²) >= 11 is 0. The molecule has 0 spiro atoms. The number of likely N-dealkylation sites (tertiary alicyclic amines) is 1. The smallest absolute Gasteiger partial charge is 0.303 e. The Balaban J connectivity index is 2.00. The third-order valence-electron chi connectivity index (χ3n) is 4.93. The van der Waals surface area contributed by atoms with Gasteiger partial charge in [-0.2, -0.15) is 0 Å². The third-order valence-corrected chi connectivity index (χ3v) is 4.93. The maximum absolute atomic E-state index is 12.7. The maximum atomic E-state index is 12.7. The number of carbonyl (C=O) groups is 2. The molecule has 1 N–H and O–H groups in total. The standard InChI is InChI=1S/C19H28N2O4/c1-20(2)17-9-10-21(13-15(17)7-8-19(23)24)18(22)12-14-5-4-6-16(11-14)25-3/h4-6,11,15,17H,7-10,12-13H2,1-3H3,(H,23,24)/t15-,17+/m1/s1. The van der Waals surface area contributed by atoms with Gasteiger partial charge in [0.25, 0.3) is 0 Å². The van der Waals surface area contributed by atoms with Crippen molar-refractivity contribution in [2.24, 2.45) is 5.92 Å². The molecule has 138 valence electrons. The second kappa shape index (κ2) is 8.85. The summed E-state index contributed by atoms with van der Waals surface area (Å²) in [5, 5.41) is 8.98. The molecular formula is C19H28N2O4. The number of carbonyl (C=O) groups excluding carboxylic acids is 1. The summed E-state index contributed by atoms with van der Waals surface area (Å²) in [5.41, 5.74) is 0.932. The number of nitrogens with zero attached hydrogens (tertiary/aromatic N) is 2. The summed E-state index contributed by atoms with van der Waals surface area (Å²) in [5.74, 6) is 0.244. The molecule has 2 atom stereocenters. The Hall–Kier alpha value is -2.08. The number of hydrogen-bond acceptors (Lipinski definition) is 4. The highest BCUT2D eigenvalue weighted by Gasteiger charge is 2.32. The number of ether oxygens (including phenoxy) is 1. The van der Waals surface area contributed by atoms with Crippen molar-refractivity contribution in [1.82, 2.24) is 9.80 Å². The SMILES string of the molecule is COc1cccc(CC(=O)N2CC[C@H](N(C)C)[C@H](CCC(=O)O)C2)c1. The molecule has 0 aliphatic carbocycles. The molecule has 0 aromatic heterocycles. The van der Waals surface area contributed by atoms with E-state index in [-0.39, 0.29) is 18.2 Å². The van der Waals surface area contributed by atoms with E-state index >= 15 is 0 Å². The minimum absolute atomic E-state index is 0.0887. The quantitative estimate of drug-likeness (QED) is 0.815. The lowest BCUT2D eigenvalue weighted by molar-refractivity contribution is -0.137. The minimum Gasteiger partial charge on any atom is -0.497 e. The van der Waals surface area contributed by atoms with E-state index in [1.807, 2.05) is 43.3 Å². The van der Waals surface area contributed by atoms with Crippen LogP contribution in [0.25, 0.3) is 0 Å². The average molecular weight is 348 g/mol. The van der Waals surface area contributed by atoms with Gasteiger partial charge in [0.1, 0.15) is 5.75 Å². The Morgan fingerprint density at radius 1 is 1.36 bits per heavy atom. The number of aliphatic carboxylic acids is 1. The van der Waals surface area contributed by atoms with Crippen molar-refractivity contribution in [3.05, 3.63) is 29.8 Å². The number of rotatable bonds is 7. The van der Waals surface area contributed by atoms with Gasteiger partial charge in [0.05, 0.1) is 13.5 Å². The van der Waals surface area contributed by atoms with Crippen molar-refractivity contribution in [2.45, 2.75) is 31.7 Å². The fourth-order valence-corrected chi connectivity index (χ4v) is 3.59. The monoisotopic (exact) mass is 348 g/mol. The van der Waals surface area contributed by atoms with E-state index in [1.54, 1.807) is 7.11 Å². The molecule has 1 aromatic rings. The Bertz CT molecular complexity index is 603. The van der Waals surface area contributed by atoms with Crippen molar-refractivity contribution in [1.29, 1.82) is 0 Å². The zero-order chi connectivity index (χ0) is 18.4. The van der Waals surface area contributed by atoms with Crippen molar-refractivity contribution in [2.75, 3.05) is 34.3 Å². The molecular weight excluding hydrogens is 320 g/mol. The molecule has 1 fully saturated rings. The molecule has 1 aromatic carbocycles. The van der Waals surface area contributed by atoms with Crippen LogP contribution in [0.15, 0.2) is 24.3 Å². The molecule has 0 saturated carbocycles. The predicted molar refractivity (Wildman–Crippen MR) is 95.7 cm³/mol. The van der Waals surface area contributed by atoms with E-state index in [1.165, 1.54) is 0 Å². The molecule has 0 unspecified atom stereocenters. The van der Waals surface area contributed by atoms with Gasteiger partial charge in [0.2, 0.25) is 5.91 Å². The van der Waals surface area contributed by atoms with Gasteiger partial charge in [-0.3, -0.25) is 9.59 Å². The number of carboxylic acid groups (broad SMARTS) is 1. The highest BCUT2D eigenvalue weighted by Crippen LogP contribution is 2.25. The Labute approximate surface area is 149 Å². The first-order chi connectivity index (χ1) is 11.9. The van der Waals surface area contributed by atoms with Gasteiger partial charge in [-0.1, -0.05) is 12.1 Å². The van der Waals surface area contributed by atoms with Crippen molar-refractivity contribution in [3.63, 3.8) is 0 Å². The average Bonchev–Trinajstić information content (AvgIpc) is 2.59. The molecule has 1 heterocycles. The van der Waals surface area contributed by atoms with Crippen LogP contribution in [0.2, 0.25) is 0 Å². The van der Waals surface area contributed by atoms with Crippen LogP contribution in [0.4, 0.5) is 0 Å². The number of amides is 1. The maximum Gasteiger partial charge on any atom is 0.303 e. The molecule has 0 radical (unpaired) electrons. The third kappa shape index (κ3) is 5.46. The second-order valence-electron chi connectivity index (χ2n) is 6.88. The number of piperidine rings is 1. The summed E-state index contributed by atoms with van der Waals surface area (Å²) in [6, 6.07) is 7.87. The number of benzene rings is 1. The molecule has 1 amide bonds. The topological polar surface area (TPSA) is 70.1 Å². The van der Waals surface area contributed by atoms with E-state index in [0.717, 1.165) is 24.3 Å². The van der Waals surface area contributed by atoms with Crippen LogP contribution in [0.3, 0.4) is 0 Å². The highest BCUT2D eigenvalue weighted by molar-refractivity contribution is 5.79. The lowest BCUT2D eigenvalue weighted by Gasteiger charge is -2.41. The zero-order valence-corrected chi connectivity index (χ0v) is 15.3. The summed E-state index contributed by atoms with van der Waals surface area (Å²) < 4.78 is 5.21. The van der Waals surface area contributed by atoms with Crippen molar-refractivity contribution < 1.29 is 19.4 Å². The van der Waals surface area contributed by atoms with Crippen LogP contribution in [-0.2, 0) is 16.0 Å². The second-order valence-corrected chi connectivity index (χ2v) is 6.88. The first-order valence-electron chi connectivity index (χ1n) is 8.69. The molecule has 1 aliphatic rings. The highest BCUT2D eigenvalue weighted by atomic mass is 16.5. The number of hydrogen-bond donors (Lipinski definition) is 1. The van der Waals surface area contributed by atoms with Crippen LogP contribution >= 0.6 is 0 Å². The van der Waals surface area contributed by atoms with E-state index in [0.29, 0.717) is 25.4 Å². The fraction of sp³-hybridized carbons (Fsp3) is 0.579. The molecule has 25 heavy (non-hydrogen) atoms. The van der Waals surface area contributed by atoms with Crippen LogP contribution in [-0.4, -0.2) is 67.1 Å². The van der Waals surface area contributed by atoms with Crippen LogP contribution in [0.1, 0.15) is 24.8 Å². The van der Waals surface area contributed by atoms with E-state index in [9.17, 15) is 9.59 Å². The molecule has 1 saturated heterocycles. The lowest BCUT2D eigenvalue weighted by atomic mass is 9.87. The van der Waals surface area contributed by atoms with Crippen LogP contribution < -0.4 is 4.74 Å². The van der Waals surface area contributed by atoms with E-state index in [4.69, 9.17) is 9.84 Å². The molecule has 0 bridgehead atoms. The fourth-order valence-electron chi connectivity index (χ4n) is 3.59. The van der Waals surface area contributed by atoms with E-state index < -0.39 is 5.97 Å². The summed E-state index contributed by atoms with van der Waals surface area (Å²) in [4.78, 5) is 27.6. The molecule has 6 heteroatoms. The van der Waals surface area contributed by atoms with Gasteiger partial charge in [0.15, 0.2) is 0 Å². The Morgan fingerprint density at radius 3 is 2.76 bits per heavy atom. The predicted octanol–water partition coefficient (Wildman–Crippen LogP) is 1.88. The van der Waals surface area contributed by atoms with Gasteiger partial charge in [-0.15, -0.1) is 0 Å². The van der Waals surface area contributed by atoms with Gasteiger partial charge >= 0.3 is 5.97 Å². The Morgan fingerprint density at radius 2 is 2.12 bits per heavy atom. The molecule has 2 rings (SSSR count). The molecule has 1 aliphatic heterocycles. The molecule has 6 nitrogen and oxygen atoms in total. The lowest BCUT2D eigenvalue weighted by Crippen LogP contribution is -2.51. The number of methoxy groups -OCH3 is 1. The Kier molecular flexibility index (Phi) is 6.82. The van der Waals surface area contributed by atoms with E-state index in [2.05, 4.69) is 4.90 Å². The minimum atomic E-state index is -0.780. The van der Waals surface area contributed by atoms with Crippen molar-refractivity contribution >= 4 is 11.9 Å². The van der Waals surface area contributed by atoms with Gasteiger partial charge in [-0.25, -0.2) is 0 Å². The summed E-state index contributed by atoms with van der Waals surface area (Å²) in [6.07, 6.45) is 1.96. The normalized spacial score (nSPS) is 20.6. The van der Waals surface area contributed by atoms with Crippen LogP contribution in [0, 0.1) is 5.92 Å².